The number of nitrogens with one attached hydrogen (secondary N) is 1. The van der Waals surface area contributed by atoms with Gasteiger partial charge in [-0.3, -0.25) is 14.4 Å². The van der Waals surface area contributed by atoms with Gasteiger partial charge in [-0.2, -0.15) is 0 Å². The molecule has 3 aromatic heterocycles. The van der Waals surface area contributed by atoms with E-state index in [2.05, 4.69) is 5.32 Å². The minimum atomic E-state index is -1.77. The van der Waals surface area contributed by atoms with Crippen LogP contribution in [-0.4, -0.2) is 39.1 Å². The van der Waals surface area contributed by atoms with Crippen LogP contribution in [0.2, 0.25) is 0 Å². The van der Waals surface area contributed by atoms with Crippen LogP contribution in [0.25, 0.3) is 0 Å². The fourth-order valence-electron chi connectivity index (χ4n) is 6.05. The molecule has 0 spiro atoms. The van der Waals surface area contributed by atoms with E-state index in [4.69, 9.17) is 0 Å². The zero-order chi connectivity index (χ0) is 29.6. The summed E-state index contributed by atoms with van der Waals surface area (Å²) in [6, 6.07) is 13.3. The lowest BCUT2D eigenvalue weighted by molar-refractivity contribution is -0.148. The van der Waals surface area contributed by atoms with Crippen LogP contribution in [0.1, 0.15) is 71.6 Å². The number of amides is 2. The molecule has 0 radical (unpaired) electrons. The molecule has 4 unspecified atom stereocenters. The highest BCUT2D eigenvalue weighted by atomic mass is 32.1. The predicted molar refractivity (Wildman–Crippen MR) is 163 cm³/mol. The maximum Gasteiger partial charge on any atom is 0.330 e. The van der Waals surface area contributed by atoms with Crippen LogP contribution >= 0.6 is 34.0 Å². The van der Waals surface area contributed by atoms with Gasteiger partial charge in [0.2, 0.25) is 5.91 Å². The Morgan fingerprint density at radius 2 is 1.68 bits per heavy atom. The molecule has 1 aliphatic heterocycles. The summed E-state index contributed by atoms with van der Waals surface area (Å²) in [5, 5.41) is 17.4. The van der Waals surface area contributed by atoms with Gasteiger partial charge in [-0.25, -0.2) is 4.79 Å². The molecule has 1 saturated heterocycles. The Balaban J connectivity index is 1.80. The number of ketones is 1. The highest BCUT2D eigenvalue weighted by Crippen LogP contribution is 2.58. The SMILES string of the molecule is CC(=O)Nc1ccc(C2C(C(=O)c3cc(C)sc3C)C(c3sccc3C)N(C(=O)c3cccs3)C2(C)C(=O)O)cc1. The summed E-state index contributed by atoms with van der Waals surface area (Å²) in [5.74, 6) is -3.78. The van der Waals surface area contributed by atoms with Gasteiger partial charge in [0.1, 0.15) is 5.54 Å². The molecule has 0 aliphatic carbocycles. The normalized spacial score (nSPS) is 22.1. The van der Waals surface area contributed by atoms with E-state index >= 15 is 0 Å². The van der Waals surface area contributed by atoms with Gasteiger partial charge in [0, 0.05) is 38.7 Å². The molecule has 7 nitrogen and oxygen atoms in total. The van der Waals surface area contributed by atoms with Gasteiger partial charge in [-0.1, -0.05) is 18.2 Å². The van der Waals surface area contributed by atoms with Gasteiger partial charge in [0.25, 0.3) is 5.91 Å². The molecule has 0 saturated carbocycles. The highest BCUT2D eigenvalue weighted by molar-refractivity contribution is 7.12. The van der Waals surface area contributed by atoms with Crippen LogP contribution in [-0.2, 0) is 9.59 Å². The summed E-state index contributed by atoms with van der Waals surface area (Å²) in [6.07, 6.45) is 0. The minimum absolute atomic E-state index is 0.186. The fourth-order valence-corrected chi connectivity index (χ4v) is 8.70. The number of aryl methyl sites for hydroxylation is 3. The number of carbonyl (C=O) groups excluding carboxylic acids is 3. The molecule has 4 atom stereocenters. The zero-order valence-corrected chi connectivity index (χ0v) is 25.7. The molecule has 4 heterocycles. The number of nitrogens with zero attached hydrogens (tertiary/aromatic N) is 1. The van der Waals surface area contributed by atoms with Gasteiger partial charge < -0.3 is 15.3 Å². The van der Waals surface area contributed by atoms with Crippen molar-refractivity contribution in [3.63, 3.8) is 0 Å². The fraction of sp³-hybridized carbons (Fsp3) is 0.290. The first-order valence-electron chi connectivity index (χ1n) is 13.1. The number of thiophene rings is 3. The number of carbonyl (C=O) groups is 4. The van der Waals surface area contributed by atoms with E-state index in [-0.39, 0.29) is 11.7 Å². The Labute approximate surface area is 250 Å². The van der Waals surface area contributed by atoms with Gasteiger partial charge in [0.05, 0.1) is 16.8 Å². The van der Waals surface area contributed by atoms with Crippen molar-refractivity contribution in [2.45, 2.75) is 52.1 Å². The number of rotatable bonds is 7. The second-order valence-electron chi connectivity index (χ2n) is 10.5. The maximum absolute atomic E-state index is 14.7. The third-order valence-corrected chi connectivity index (χ3v) is 10.8. The summed E-state index contributed by atoms with van der Waals surface area (Å²) in [4.78, 5) is 58.5. The van der Waals surface area contributed by atoms with Crippen molar-refractivity contribution in [2.75, 3.05) is 5.32 Å². The number of carboxylic acid groups (broad SMARTS) is 1. The molecule has 1 fully saturated rings. The number of carboxylic acids is 1. The van der Waals surface area contributed by atoms with E-state index in [0.29, 0.717) is 21.7 Å². The Morgan fingerprint density at radius 1 is 0.976 bits per heavy atom. The van der Waals surface area contributed by atoms with Gasteiger partial charge in [0.15, 0.2) is 5.78 Å². The number of anilines is 1. The number of hydrogen-bond donors (Lipinski definition) is 2. The van der Waals surface area contributed by atoms with Crippen molar-refractivity contribution in [1.82, 2.24) is 4.90 Å². The molecule has 0 bridgehead atoms. The van der Waals surface area contributed by atoms with E-state index in [1.807, 2.05) is 38.3 Å². The van der Waals surface area contributed by atoms with Crippen molar-refractivity contribution < 1.29 is 24.3 Å². The van der Waals surface area contributed by atoms with Crippen LogP contribution in [0.5, 0.6) is 0 Å². The molecular formula is C31H30N2O5S3. The Bertz CT molecular complexity index is 1640. The Hall–Kier alpha value is -3.60. The topological polar surface area (TPSA) is 104 Å². The van der Waals surface area contributed by atoms with Gasteiger partial charge >= 0.3 is 5.97 Å². The average Bonchev–Trinajstić information content (AvgIpc) is 3.70. The number of hydrogen-bond acceptors (Lipinski definition) is 7. The molecule has 41 heavy (non-hydrogen) atoms. The lowest BCUT2D eigenvalue weighted by Gasteiger charge is -2.37. The summed E-state index contributed by atoms with van der Waals surface area (Å²) in [5.41, 5.74) is 0.842. The number of likely N-dealkylation sites (tertiary alicyclic amines) is 1. The second-order valence-corrected chi connectivity index (χ2v) is 13.9. The average molecular weight is 607 g/mol. The third-order valence-electron chi connectivity index (χ3n) is 7.84. The third kappa shape index (κ3) is 4.94. The molecule has 5 rings (SSSR count). The van der Waals surface area contributed by atoms with E-state index in [0.717, 1.165) is 20.2 Å². The van der Waals surface area contributed by atoms with E-state index < -0.39 is 35.3 Å². The summed E-state index contributed by atoms with van der Waals surface area (Å²) >= 11 is 4.20. The van der Waals surface area contributed by atoms with Crippen molar-refractivity contribution in [3.8, 4) is 0 Å². The van der Waals surface area contributed by atoms with Gasteiger partial charge in [-0.05, 0) is 79.9 Å². The quantitative estimate of drug-likeness (QED) is 0.219. The van der Waals surface area contributed by atoms with Crippen LogP contribution < -0.4 is 5.32 Å². The standard InChI is InChI=1S/C31H30N2O5S3/c1-16-12-14-40-28(16)26-24(27(35)22-15-17(2)41-18(22)3)25(20-8-10-21(11-9-20)32-19(4)34)31(5,30(37)38)33(26)29(36)23-7-6-13-39-23/h6-15,24-26H,1-5H3,(H,32,34)(H,37,38). The number of Topliss-reactive ketones (excluding diaryl/α,β-unsaturated/α-hetero) is 1. The molecule has 212 valence electrons. The lowest BCUT2D eigenvalue weighted by atomic mass is 9.72. The zero-order valence-electron chi connectivity index (χ0n) is 23.3. The largest absolute Gasteiger partial charge is 0.479 e. The van der Waals surface area contributed by atoms with Crippen LogP contribution in [0, 0.1) is 26.7 Å². The highest BCUT2D eigenvalue weighted by Gasteiger charge is 2.65. The second kappa shape index (κ2) is 11.0. The van der Waals surface area contributed by atoms with Crippen molar-refractivity contribution in [2.24, 2.45) is 5.92 Å². The summed E-state index contributed by atoms with van der Waals surface area (Å²) in [6.45, 7) is 8.73. The van der Waals surface area contributed by atoms with Crippen molar-refractivity contribution in [3.05, 3.63) is 95.5 Å². The Kier molecular flexibility index (Phi) is 7.76. The van der Waals surface area contributed by atoms with Crippen LogP contribution in [0.4, 0.5) is 5.69 Å². The first-order chi connectivity index (χ1) is 19.4. The maximum atomic E-state index is 14.7. The number of benzene rings is 1. The minimum Gasteiger partial charge on any atom is -0.479 e. The summed E-state index contributed by atoms with van der Waals surface area (Å²) in [7, 11) is 0. The van der Waals surface area contributed by atoms with Gasteiger partial charge in [-0.15, -0.1) is 34.0 Å². The van der Waals surface area contributed by atoms with E-state index in [1.54, 1.807) is 48.7 Å². The first-order valence-corrected chi connectivity index (χ1v) is 15.7. The van der Waals surface area contributed by atoms with E-state index in [9.17, 15) is 24.3 Å². The monoisotopic (exact) mass is 606 g/mol. The molecule has 2 N–H and O–H groups in total. The molecular weight excluding hydrogens is 577 g/mol. The molecule has 1 aliphatic rings. The molecule has 4 aromatic rings. The van der Waals surface area contributed by atoms with Crippen molar-refractivity contribution >= 4 is 63.3 Å². The molecule has 2 amide bonds. The first kappa shape index (κ1) is 28.9. The van der Waals surface area contributed by atoms with Crippen LogP contribution in [0.3, 0.4) is 0 Å². The summed E-state index contributed by atoms with van der Waals surface area (Å²) < 4.78 is 0. The smallest absolute Gasteiger partial charge is 0.330 e. The van der Waals surface area contributed by atoms with E-state index in [1.165, 1.54) is 45.8 Å². The Morgan fingerprint density at radius 3 is 2.20 bits per heavy atom. The number of aliphatic carboxylic acids is 1. The van der Waals surface area contributed by atoms with Crippen molar-refractivity contribution in [1.29, 1.82) is 0 Å². The predicted octanol–water partition coefficient (Wildman–Crippen LogP) is 7.08. The van der Waals surface area contributed by atoms with Crippen LogP contribution in [0.15, 0.2) is 59.3 Å². The molecule has 10 heteroatoms. The lowest BCUT2D eigenvalue weighted by Crippen LogP contribution is -2.54. The molecule has 1 aromatic carbocycles.